The predicted octanol–water partition coefficient (Wildman–Crippen LogP) is 4.30. The minimum Gasteiger partial charge on any atom is -0.352 e. The molecule has 1 aromatic heterocycles. The Labute approximate surface area is 174 Å². The Morgan fingerprint density at radius 2 is 1.83 bits per heavy atom. The van der Waals surface area contributed by atoms with Crippen LogP contribution in [0.2, 0.25) is 5.02 Å². The van der Waals surface area contributed by atoms with Gasteiger partial charge in [-0.3, -0.25) is 9.59 Å². The zero-order chi connectivity index (χ0) is 21.7. The Bertz CT molecular complexity index is 1040. The van der Waals surface area contributed by atoms with Gasteiger partial charge in [-0.15, -0.1) is 0 Å². The lowest BCUT2D eigenvalue weighted by molar-refractivity contribution is -0.137. The molecule has 0 fully saturated rings. The first-order valence-electron chi connectivity index (χ1n) is 8.79. The fraction of sp³-hybridized carbons (Fsp3) is 0.150. The first-order valence-corrected chi connectivity index (χ1v) is 9.17. The molecule has 3 aromatic rings. The van der Waals surface area contributed by atoms with Gasteiger partial charge in [0.15, 0.2) is 0 Å². The number of carbonyl (C=O) groups excluding carboxylic acids is 2. The van der Waals surface area contributed by atoms with Crippen molar-refractivity contribution in [3.8, 4) is 5.69 Å². The van der Waals surface area contributed by atoms with Gasteiger partial charge in [0, 0.05) is 35.9 Å². The van der Waals surface area contributed by atoms with Crippen LogP contribution in [0.3, 0.4) is 0 Å². The molecule has 1 heterocycles. The summed E-state index contributed by atoms with van der Waals surface area (Å²) in [4.78, 5) is 24.3. The highest BCUT2D eigenvalue weighted by molar-refractivity contribution is 6.30. The Morgan fingerprint density at radius 1 is 1.10 bits per heavy atom. The Morgan fingerprint density at radius 3 is 2.47 bits per heavy atom. The maximum atomic E-state index is 13.1. The Kier molecular flexibility index (Phi) is 6.41. The molecule has 0 saturated carbocycles. The topological polar surface area (TPSA) is 76.0 Å². The molecule has 0 radical (unpaired) electrons. The first kappa shape index (κ1) is 21.4. The molecule has 0 aliphatic rings. The number of amides is 2. The van der Waals surface area contributed by atoms with Gasteiger partial charge in [0.05, 0.1) is 16.9 Å². The van der Waals surface area contributed by atoms with Crippen molar-refractivity contribution in [1.82, 2.24) is 15.1 Å². The molecule has 6 nitrogen and oxygen atoms in total. The third-order valence-electron chi connectivity index (χ3n) is 4.09. The third kappa shape index (κ3) is 5.38. The lowest BCUT2D eigenvalue weighted by atomic mass is 10.1. The summed E-state index contributed by atoms with van der Waals surface area (Å²) >= 11 is 5.77. The molecule has 0 aliphatic carbocycles. The van der Waals surface area contributed by atoms with E-state index < -0.39 is 23.6 Å². The number of halogens is 4. The molecule has 2 N–H and O–H groups in total. The van der Waals surface area contributed by atoms with Crippen LogP contribution in [0, 0.1) is 0 Å². The fourth-order valence-electron chi connectivity index (χ4n) is 2.63. The van der Waals surface area contributed by atoms with Crippen LogP contribution in [0.15, 0.2) is 60.9 Å². The van der Waals surface area contributed by atoms with Crippen molar-refractivity contribution in [2.24, 2.45) is 0 Å². The highest BCUT2D eigenvalue weighted by Crippen LogP contribution is 2.33. The van der Waals surface area contributed by atoms with Crippen molar-refractivity contribution in [2.75, 3.05) is 11.9 Å². The average Bonchev–Trinajstić information content (AvgIpc) is 3.22. The number of alkyl halides is 3. The van der Waals surface area contributed by atoms with E-state index in [2.05, 4.69) is 15.7 Å². The van der Waals surface area contributed by atoms with Gasteiger partial charge in [-0.25, -0.2) is 4.68 Å². The molecule has 10 heteroatoms. The van der Waals surface area contributed by atoms with Crippen LogP contribution in [0.25, 0.3) is 5.69 Å². The molecular formula is C20H16ClF3N4O2. The summed E-state index contributed by atoms with van der Waals surface area (Å²) in [5.74, 6) is -0.949. The van der Waals surface area contributed by atoms with Crippen LogP contribution in [0.4, 0.5) is 18.9 Å². The zero-order valence-corrected chi connectivity index (χ0v) is 16.2. The lowest BCUT2D eigenvalue weighted by Crippen LogP contribution is -2.27. The third-order valence-corrected chi connectivity index (χ3v) is 4.35. The van der Waals surface area contributed by atoms with Crippen LogP contribution < -0.4 is 10.6 Å². The number of aromatic nitrogens is 2. The number of hydrogen-bond donors (Lipinski definition) is 2. The van der Waals surface area contributed by atoms with Crippen molar-refractivity contribution in [3.63, 3.8) is 0 Å². The number of nitrogens with one attached hydrogen (secondary N) is 2. The molecule has 2 aromatic carbocycles. The van der Waals surface area contributed by atoms with Crippen molar-refractivity contribution in [2.45, 2.75) is 12.6 Å². The zero-order valence-electron chi connectivity index (χ0n) is 15.4. The van der Waals surface area contributed by atoms with Crippen LogP contribution in [-0.2, 0) is 11.0 Å². The summed E-state index contributed by atoms with van der Waals surface area (Å²) in [5, 5.41) is 9.51. The minimum absolute atomic E-state index is 0.00333. The van der Waals surface area contributed by atoms with E-state index in [1.165, 1.54) is 29.1 Å². The van der Waals surface area contributed by atoms with E-state index in [4.69, 9.17) is 11.6 Å². The van der Waals surface area contributed by atoms with Gasteiger partial charge in [0.1, 0.15) is 0 Å². The largest absolute Gasteiger partial charge is 0.416 e. The lowest BCUT2D eigenvalue weighted by Gasteiger charge is -2.15. The maximum Gasteiger partial charge on any atom is 0.416 e. The van der Waals surface area contributed by atoms with E-state index in [1.54, 1.807) is 24.4 Å². The van der Waals surface area contributed by atoms with Crippen molar-refractivity contribution < 1.29 is 22.8 Å². The minimum atomic E-state index is -4.56. The summed E-state index contributed by atoms with van der Waals surface area (Å²) in [7, 11) is 0. The van der Waals surface area contributed by atoms with Crippen LogP contribution in [0.5, 0.6) is 0 Å². The smallest absolute Gasteiger partial charge is 0.352 e. The van der Waals surface area contributed by atoms with E-state index in [1.807, 2.05) is 0 Å². The standard InChI is InChI=1S/C20H16ClF3N4O2/c21-15-5-2-13(3-6-15)19(30)25-10-8-18(29)27-16-12-14(20(22,23)24)4-7-17(16)28-11-1-9-26-28/h1-7,9,11-12H,8,10H2,(H,25,30)(H,27,29). The van der Waals surface area contributed by atoms with E-state index in [0.29, 0.717) is 10.6 Å². The molecule has 0 unspecified atom stereocenters. The average molecular weight is 437 g/mol. The van der Waals surface area contributed by atoms with Gasteiger partial charge in [0.25, 0.3) is 5.91 Å². The van der Waals surface area contributed by atoms with Crippen molar-refractivity contribution in [3.05, 3.63) is 77.1 Å². The van der Waals surface area contributed by atoms with E-state index in [0.717, 1.165) is 12.1 Å². The molecule has 156 valence electrons. The monoisotopic (exact) mass is 436 g/mol. The van der Waals surface area contributed by atoms with Gasteiger partial charge in [-0.2, -0.15) is 18.3 Å². The predicted molar refractivity (Wildman–Crippen MR) is 106 cm³/mol. The van der Waals surface area contributed by atoms with Crippen molar-refractivity contribution >= 4 is 29.1 Å². The first-order chi connectivity index (χ1) is 14.2. The molecule has 30 heavy (non-hydrogen) atoms. The van der Waals surface area contributed by atoms with Crippen LogP contribution in [-0.4, -0.2) is 28.1 Å². The molecular weight excluding hydrogens is 421 g/mol. The summed E-state index contributed by atoms with van der Waals surface area (Å²) in [6, 6.07) is 10.8. The van der Waals surface area contributed by atoms with Gasteiger partial charge >= 0.3 is 6.18 Å². The van der Waals surface area contributed by atoms with Crippen molar-refractivity contribution in [1.29, 1.82) is 0 Å². The molecule has 0 aliphatic heterocycles. The second-order valence-electron chi connectivity index (χ2n) is 6.24. The van der Waals surface area contributed by atoms with Crippen LogP contribution >= 0.6 is 11.6 Å². The summed E-state index contributed by atoms with van der Waals surface area (Å²) < 4.78 is 40.5. The number of hydrogen-bond acceptors (Lipinski definition) is 3. The van der Waals surface area contributed by atoms with Gasteiger partial charge in [0.2, 0.25) is 5.91 Å². The normalized spacial score (nSPS) is 11.2. The number of carbonyl (C=O) groups is 2. The van der Waals surface area contributed by atoms with Gasteiger partial charge < -0.3 is 10.6 Å². The summed E-state index contributed by atoms with van der Waals surface area (Å²) in [6.45, 7) is 0.00333. The van der Waals surface area contributed by atoms with Gasteiger partial charge in [-0.05, 0) is 48.5 Å². The summed E-state index contributed by atoms with van der Waals surface area (Å²) in [6.07, 6.45) is -1.68. The Balaban J connectivity index is 1.66. The molecule has 0 atom stereocenters. The number of anilines is 1. The SMILES string of the molecule is O=C(CCNC(=O)c1ccc(Cl)cc1)Nc1cc(C(F)(F)F)ccc1-n1cccn1. The molecule has 2 amide bonds. The second-order valence-corrected chi connectivity index (χ2v) is 6.68. The highest BCUT2D eigenvalue weighted by Gasteiger charge is 2.31. The molecule has 3 rings (SSSR count). The van der Waals surface area contributed by atoms with E-state index >= 15 is 0 Å². The second kappa shape index (κ2) is 9.00. The quantitative estimate of drug-likeness (QED) is 0.604. The van der Waals surface area contributed by atoms with E-state index in [-0.39, 0.29) is 24.3 Å². The van der Waals surface area contributed by atoms with Gasteiger partial charge in [-0.1, -0.05) is 11.6 Å². The fourth-order valence-corrected chi connectivity index (χ4v) is 2.76. The van der Waals surface area contributed by atoms with Crippen LogP contribution in [0.1, 0.15) is 22.3 Å². The summed E-state index contributed by atoms with van der Waals surface area (Å²) in [5.41, 5.74) is -0.280. The Hall–Kier alpha value is -3.33. The maximum absolute atomic E-state index is 13.1. The molecule has 0 saturated heterocycles. The number of nitrogens with zero attached hydrogens (tertiary/aromatic N) is 2. The van der Waals surface area contributed by atoms with E-state index in [9.17, 15) is 22.8 Å². The highest BCUT2D eigenvalue weighted by atomic mass is 35.5. The number of rotatable bonds is 6. The molecule has 0 spiro atoms. The number of benzene rings is 2. The molecule has 0 bridgehead atoms.